The van der Waals surface area contributed by atoms with Gasteiger partial charge in [0, 0.05) is 12.1 Å². The molecule has 446 valence electrons. The summed E-state index contributed by atoms with van der Waals surface area (Å²) >= 11 is -0.181. The van der Waals surface area contributed by atoms with Crippen molar-refractivity contribution < 1.29 is 49.7 Å². The molecule has 11 rings (SSSR count). The summed E-state index contributed by atoms with van der Waals surface area (Å²) in [5, 5.41) is 11.3. The second-order valence-electron chi connectivity index (χ2n) is 18.6. The van der Waals surface area contributed by atoms with Gasteiger partial charge in [0.15, 0.2) is 36.3 Å². The average Bonchev–Trinajstić information content (AvgIpc) is 3.67. The van der Waals surface area contributed by atoms with Crippen LogP contribution in [0.15, 0.2) is 309 Å². The van der Waals surface area contributed by atoms with E-state index in [-0.39, 0.29) is 38.2 Å². The SMILES string of the molecule is COc1ccccc1[PH+](CC[PH+](c1ccccc1)c1ccccc1[OH+]C)c1ccccc1.COc1ccccc1[PH+](CC[PH+](c1ccccc1)c1ccccc1[OH+]C)c1ccccc1.[CH3-].[Cl][Cr][Cl].[Cr+2].[c-]1ccccc1.[c-]1ccccc1.[c-]1ccccc1. The van der Waals surface area contributed by atoms with Gasteiger partial charge in [0.2, 0.25) is 0 Å². The van der Waals surface area contributed by atoms with Crippen LogP contribution in [0.4, 0.5) is 0 Å². The molecule has 0 radical (unpaired) electrons. The molecule has 12 heteroatoms. The largest absolute Gasteiger partial charge is 2.00 e. The summed E-state index contributed by atoms with van der Waals surface area (Å²) in [6.45, 7) is 0. The molecule has 0 amide bonds. The van der Waals surface area contributed by atoms with Crippen LogP contribution < -0.4 is 51.9 Å². The van der Waals surface area contributed by atoms with E-state index in [1.165, 1.54) is 42.4 Å². The number of hydrogen-bond donors (Lipinski definition) is 0. The van der Waals surface area contributed by atoms with Crippen LogP contribution in [0.2, 0.25) is 0 Å². The van der Waals surface area contributed by atoms with Crippen molar-refractivity contribution in [1.29, 1.82) is 0 Å². The third-order valence-corrected chi connectivity index (χ3v) is 25.8. The van der Waals surface area contributed by atoms with Crippen molar-refractivity contribution in [2.45, 2.75) is 0 Å². The third-order valence-electron chi connectivity index (χ3n) is 13.4. The van der Waals surface area contributed by atoms with Crippen molar-refractivity contribution in [2.75, 3.05) is 53.1 Å². The zero-order valence-corrected chi connectivity index (χ0v) is 58.1. The summed E-state index contributed by atoms with van der Waals surface area (Å²) in [7, 11) is 13.1. The molecule has 4 atom stereocenters. The molecule has 0 spiro atoms. The minimum atomic E-state index is -1.00. The molecule has 11 aromatic rings. The molecule has 0 fully saturated rings. The van der Waals surface area contributed by atoms with Crippen molar-refractivity contribution >= 4 is 94.2 Å². The molecule has 4 nitrogen and oxygen atoms in total. The molecule has 0 aliphatic carbocycles. The Bertz CT molecular complexity index is 2910. The molecule has 0 aliphatic heterocycles. The molecule has 0 heterocycles. The van der Waals surface area contributed by atoms with Gasteiger partial charge in [-0.3, -0.25) is 0 Å². The van der Waals surface area contributed by atoms with E-state index >= 15 is 0 Å². The number of halogens is 2. The van der Waals surface area contributed by atoms with Gasteiger partial charge in [-0.05, 0) is 84.9 Å². The van der Waals surface area contributed by atoms with Crippen LogP contribution in [0, 0.1) is 25.6 Å². The van der Waals surface area contributed by atoms with Gasteiger partial charge < -0.3 is 26.4 Å². The maximum Gasteiger partial charge on any atom is 2.00 e. The van der Waals surface area contributed by atoms with Gasteiger partial charge in [0.25, 0.3) is 11.5 Å². The van der Waals surface area contributed by atoms with Gasteiger partial charge >= 0.3 is 50.8 Å². The second kappa shape index (κ2) is 45.3. The van der Waals surface area contributed by atoms with Crippen LogP contribution in [0.3, 0.4) is 0 Å². The van der Waals surface area contributed by atoms with Crippen molar-refractivity contribution in [3.05, 3.63) is 335 Å². The Labute approximate surface area is 550 Å². The average molecular weight is 1340 g/mol. The Morgan fingerprint density at radius 1 is 0.322 bits per heavy atom. The molecule has 4 unspecified atom stereocenters. The summed E-state index contributed by atoms with van der Waals surface area (Å²) in [6, 6.07) is 116. The Morgan fingerprint density at radius 2 is 0.529 bits per heavy atom. The number of ether oxygens (including phenoxy) is 4. The molecule has 0 saturated carbocycles. The van der Waals surface area contributed by atoms with Crippen LogP contribution in [-0.4, -0.2) is 62.6 Å². The van der Waals surface area contributed by atoms with Crippen molar-refractivity contribution in [1.82, 2.24) is 0 Å². The van der Waals surface area contributed by atoms with E-state index in [1.807, 2.05) is 105 Å². The van der Waals surface area contributed by atoms with Gasteiger partial charge in [-0.15, -0.1) is 0 Å². The summed E-state index contributed by atoms with van der Waals surface area (Å²) in [4.78, 5) is 0. The molecule has 2 N–H and O–H groups in total. The fourth-order valence-electron chi connectivity index (χ4n) is 9.46. The number of aliphatic hydroxyl groups is 2. The number of hydrogen-bond acceptors (Lipinski definition) is 2. The van der Waals surface area contributed by atoms with Crippen LogP contribution in [-0.2, 0) is 30.7 Å². The molecule has 0 saturated heterocycles. The number of benzene rings is 11. The first kappa shape index (κ1) is 73.5. The van der Waals surface area contributed by atoms with E-state index in [4.69, 9.17) is 29.6 Å². The second-order valence-corrected chi connectivity index (χ2v) is 30.9. The van der Waals surface area contributed by atoms with Crippen molar-refractivity contribution in [2.24, 2.45) is 0 Å². The Kier molecular flexibility index (Phi) is 38.2. The summed E-state index contributed by atoms with van der Waals surface area (Å²) in [5.74, 6) is 4.25. The minimum Gasteiger partial charge on any atom is -0.184 e. The monoisotopic (exact) mass is 1340 g/mol. The first-order valence-corrected chi connectivity index (χ1v) is 38.3. The molecular weight excluding hydrogens is 1260 g/mol. The zero-order valence-electron chi connectivity index (χ0n) is 50.1. The van der Waals surface area contributed by atoms with Crippen LogP contribution in [0.5, 0.6) is 23.0 Å². The van der Waals surface area contributed by atoms with Gasteiger partial charge in [0.1, 0.15) is 35.3 Å². The van der Waals surface area contributed by atoms with Gasteiger partial charge in [-0.25, -0.2) is 0 Å². The molecule has 0 bridgehead atoms. The molecule has 0 aromatic heterocycles. The molecule has 87 heavy (non-hydrogen) atoms. The predicted molar refractivity (Wildman–Crippen MR) is 384 cm³/mol. The van der Waals surface area contributed by atoms with E-state index in [9.17, 15) is 0 Å². The number of para-hydroxylation sites is 4. The van der Waals surface area contributed by atoms with Gasteiger partial charge in [0.05, 0.1) is 67.1 Å². The predicted octanol–water partition coefficient (Wildman–Crippen LogP) is 15.5. The van der Waals surface area contributed by atoms with Crippen molar-refractivity contribution in [3.63, 3.8) is 0 Å². The fraction of sp³-hybridized carbons (Fsp3) is 0.107. The van der Waals surface area contributed by atoms with E-state index in [0.717, 1.165) is 47.6 Å². The normalized spacial score (nSPS) is 11.2. The standard InChI is InChI=1S/2C28H28O2P2.3C6H5.CH3.2ClH.2Cr/c2*1-29-25-17-9-11-19-27(25)31(23-13-5-3-6-14-23)21-22-32(24-15-7-4-8-16-24)28-20-12-10-18-26(28)30-2;3*1-2-4-6-5-3-1;;;;;/h2*3-20H,21-22H2,1-2H3;3*1-5H;1H3;2*1H;;/q;;4*-1;;;2*+2/p+4. The zero-order chi connectivity index (χ0) is 59.8. The van der Waals surface area contributed by atoms with Crippen LogP contribution >= 0.6 is 51.8 Å². The Balaban J connectivity index is 0.000000273. The maximum absolute atomic E-state index is 5.78. The maximum atomic E-state index is 5.78. The van der Waals surface area contributed by atoms with Crippen LogP contribution in [0.25, 0.3) is 0 Å². The molecular formula is C75H80Cl2Cr2O4P4+4. The van der Waals surface area contributed by atoms with Gasteiger partial charge in [-0.2, -0.15) is 109 Å². The Morgan fingerprint density at radius 3 is 0.747 bits per heavy atom. The van der Waals surface area contributed by atoms with Crippen LogP contribution in [0.1, 0.15) is 0 Å². The van der Waals surface area contributed by atoms with E-state index < -0.39 is 31.7 Å². The van der Waals surface area contributed by atoms with E-state index in [1.54, 1.807) is 14.2 Å². The molecule has 11 aromatic carbocycles. The smallest absolute Gasteiger partial charge is 0.184 e. The fourth-order valence-corrected chi connectivity index (χ4v) is 22.5. The number of rotatable bonds is 18. The quantitative estimate of drug-likeness (QED) is 0.0488. The first-order chi connectivity index (χ1) is 42.0. The summed E-state index contributed by atoms with van der Waals surface area (Å²) in [5.41, 5.74) is 0. The topological polar surface area (TPSA) is 44.1 Å². The van der Waals surface area contributed by atoms with Crippen molar-refractivity contribution in [3.8, 4) is 23.0 Å². The third kappa shape index (κ3) is 25.5. The van der Waals surface area contributed by atoms with E-state index in [0.29, 0.717) is 0 Å². The summed E-state index contributed by atoms with van der Waals surface area (Å²) < 4.78 is 20.8. The minimum absolute atomic E-state index is 0. The summed E-state index contributed by atoms with van der Waals surface area (Å²) in [6.07, 6.45) is 4.61. The van der Waals surface area contributed by atoms with Gasteiger partial charge in [-0.1, -0.05) is 121 Å². The number of methoxy groups -OCH3 is 2. The molecule has 0 aliphatic rings. The van der Waals surface area contributed by atoms with E-state index in [2.05, 4.69) is 246 Å². The first-order valence-electron chi connectivity index (χ1n) is 28.0. The number of aromatic hydroxyl groups is 2. The Hall–Kier alpha value is -6.02.